The number of aryl methyl sites for hydroxylation is 2. The van der Waals surface area contributed by atoms with E-state index in [2.05, 4.69) is 12.1 Å². The van der Waals surface area contributed by atoms with E-state index in [-0.39, 0.29) is 5.91 Å². The van der Waals surface area contributed by atoms with Crippen molar-refractivity contribution in [3.8, 4) is 0 Å². The van der Waals surface area contributed by atoms with E-state index in [1.54, 1.807) is 0 Å². The van der Waals surface area contributed by atoms with Crippen LogP contribution in [0.15, 0.2) is 48.5 Å². The quantitative estimate of drug-likeness (QED) is 0.878. The number of carbonyl (C=O) groups is 1. The van der Waals surface area contributed by atoms with Crippen LogP contribution < -0.4 is 10.6 Å². The zero-order chi connectivity index (χ0) is 14.7. The molecule has 0 atom stereocenters. The topological polar surface area (TPSA) is 46.3 Å². The van der Waals surface area contributed by atoms with Crippen molar-refractivity contribution in [3.63, 3.8) is 0 Å². The van der Waals surface area contributed by atoms with Crippen molar-refractivity contribution in [2.75, 3.05) is 17.2 Å². The second-order valence-electron chi connectivity index (χ2n) is 5.52. The number of amides is 1. The maximum atomic E-state index is 12.5. The summed E-state index contributed by atoms with van der Waals surface area (Å²) in [5.41, 5.74) is 10.0. The summed E-state index contributed by atoms with van der Waals surface area (Å²) >= 11 is 0. The highest BCUT2D eigenvalue weighted by molar-refractivity contribution is 5.95. The van der Waals surface area contributed by atoms with E-state index < -0.39 is 0 Å². The van der Waals surface area contributed by atoms with Gasteiger partial charge in [0.05, 0.1) is 0 Å². The molecule has 1 heterocycles. The highest BCUT2D eigenvalue weighted by atomic mass is 16.2. The predicted octanol–water partition coefficient (Wildman–Crippen LogP) is 3.18. The smallest absolute Gasteiger partial charge is 0.227 e. The lowest BCUT2D eigenvalue weighted by Gasteiger charge is -2.30. The number of nitrogen functional groups attached to an aromatic ring is 1. The van der Waals surface area contributed by atoms with Crippen LogP contribution in [-0.2, 0) is 17.6 Å². The van der Waals surface area contributed by atoms with Crippen LogP contribution in [0.3, 0.4) is 0 Å². The van der Waals surface area contributed by atoms with Crippen molar-refractivity contribution in [2.45, 2.75) is 25.7 Å². The van der Waals surface area contributed by atoms with E-state index >= 15 is 0 Å². The van der Waals surface area contributed by atoms with Gasteiger partial charge in [-0.15, -0.1) is 0 Å². The fourth-order valence-corrected chi connectivity index (χ4v) is 2.88. The number of hydrogen-bond acceptors (Lipinski definition) is 2. The summed E-state index contributed by atoms with van der Waals surface area (Å²) in [6.07, 6.45) is 3.37. The maximum absolute atomic E-state index is 12.5. The number of anilines is 2. The Morgan fingerprint density at radius 1 is 1.14 bits per heavy atom. The molecular formula is C18H20N2O. The van der Waals surface area contributed by atoms with Gasteiger partial charge in [0.15, 0.2) is 0 Å². The van der Waals surface area contributed by atoms with Crippen LogP contribution in [0.1, 0.15) is 24.0 Å². The summed E-state index contributed by atoms with van der Waals surface area (Å²) in [6, 6.07) is 16.0. The van der Waals surface area contributed by atoms with E-state index in [0.29, 0.717) is 6.42 Å². The third kappa shape index (κ3) is 3.07. The molecule has 2 aromatic rings. The standard InChI is InChI=1S/C18H20N2O/c19-16-10-9-15-7-4-12-20(17(15)13-16)18(21)11-8-14-5-2-1-3-6-14/h1-3,5-6,9-10,13H,4,7-8,11-12,19H2. The van der Waals surface area contributed by atoms with Crippen LogP contribution in [0.5, 0.6) is 0 Å². The first-order chi connectivity index (χ1) is 10.2. The molecule has 0 aromatic heterocycles. The van der Waals surface area contributed by atoms with Crippen LogP contribution >= 0.6 is 0 Å². The lowest BCUT2D eigenvalue weighted by molar-refractivity contribution is -0.118. The molecule has 0 spiro atoms. The van der Waals surface area contributed by atoms with Crippen molar-refractivity contribution in [2.24, 2.45) is 0 Å². The number of fused-ring (bicyclic) bond motifs is 1. The molecular weight excluding hydrogens is 260 g/mol. The fraction of sp³-hybridized carbons (Fsp3) is 0.278. The first-order valence-corrected chi connectivity index (χ1v) is 7.47. The Kier molecular flexibility index (Phi) is 3.91. The van der Waals surface area contributed by atoms with Crippen molar-refractivity contribution in [1.82, 2.24) is 0 Å². The van der Waals surface area contributed by atoms with Crippen LogP contribution in [0.25, 0.3) is 0 Å². The molecule has 3 heteroatoms. The van der Waals surface area contributed by atoms with Gasteiger partial charge in [0.2, 0.25) is 5.91 Å². The van der Waals surface area contributed by atoms with Gasteiger partial charge < -0.3 is 10.6 Å². The summed E-state index contributed by atoms with van der Waals surface area (Å²) in [5.74, 6) is 0.186. The van der Waals surface area contributed by atoms with E-state index in [4.69, 9.17) is 5.73 Å². The second-order valence-corrected chi connectivity index (χ2v) is 5.52. The summed E-state index contributed by atoms with van der Waals surface area (Å²) in [7, 11) is 0. The molecule has 0 fully saturated rings. The molecule has 0 radical (unpaired) electrons. The Morgan fingerprint density at radius 2 is 1.95 bits per heavy atom. The number of carbonyl (C=O) groups excluding carboxylic acids is 1. The van der Waals surface area contributed by atoms with E-state index in [9.17, 15) is 4.79 Å². The van der Waals surface area contributed by atoms with Gasteiger partial charge >= 0.3 is 0 Å². The summed E-state index contributed by atoms with van der Waals surface area (Å²) in [5, 5.41) is 0. The number of nitrogens with zero attached hydrogens (tertiary/aromatic N) is 1. The van der Waals surface area contributed by atoms with Gasteiger partial charge in [-0.1, -0.05) is 36.4 Å². The third-order valence-electron chi connectivity index (χ3n) is 4.00. The highest BCUT2D eigenvalue weighted by Gasteiger charge is 2.22. The van der Waals surface area contributed by atoms with Gasteiger partial charge in [0.1, 0.15) is 0 Å². The molecule has 3 nitrogen and oxygen atoms in total. The molecule has 1 aliphatic rings. The van der Waals surface area contributed by atoms with E-state index in [1.165, 1.54) is 11.1 Å². The number of hydrogen-bond donors (Lipinski definition) is 1. The molecule has 0 saturated carbocycles. The Hall–Kier alpha value is -2.29. The average molecular weight is 280 g/mol. The summed E-state index contributed by atoms with van der Waals surface area (Å²) in [6.45, 7) is 0.796. The fourth-order valence-electron chi connectivity index (χ4n) is 2.88. The number of benzene rings is 2. The normalized spacial score (nSPS) is 13.8. The lowest BCUT2D eigenvalue weighted by Crippen LogP contribution is -2.35. The van der Waals surface area contributed by atoms with Crippen molar-refractivity contribution in [1.29, 1.82) is 0 Å². The minimum atomic E-state index is 0.186. The Balaban J connectivity index is 1.73. The van der Waals surface area contributed by atoms with Gasteiger partial charge in [0.25, 0.3) is 0 Å². The molecule has 0 unspecified atom stereocenters. The van der Waals surface area contributed by atoms with E-state index in [1.807, 2.05) is 41.3 Å². The van der Waals surface area contributed by atoms with Gasteiger partial charge in [-0.2, -0.15) is 0 Å². The van der Waals surface area contributed by atoms with Gasteiger partial charge in [-0.05, 0) is 42.5 Å². The van der Waals surface area contributed by atoms with Gasteiger partial charge in [-0.25, -0.2) is 0 Å². The first-order valence-electron chi connectivity index (χ1n) is 7.47. The zero-order valence-electron chi connectivity index (χ0n) is 12.1. The lowest BCUT2D eigenvalue weighted by atomic mass is 10.00. The van der Waals surface area contributed by atoms with Crippen LogP contribution in [0.2, 0.25) is 0 Å². The van der Waals surface area contributed by atoms with Crippen molar-refractivity contribution >= 4 is 17.3 Å². The first kappa shape index (κ1) is 13.7. The molecule has 1 aliphatic heterocycles. The number of nitrogens with two attached hydrogens (primary N) is 1. The third-order valence-corrected chi connectivity index (χ3v) is 4.00. The Labute approximate surface area is 125 Å². The zero-order valence-corrected chi connectivity index (χ0v) is 12.1. The molecule has 0 saturated heterocycles. The molecule has 108 valence electrons. The van der Waals surface area contributed by atoms with Crippen molar-refractivity contribution in [3.05, 3.63) is 59.7 Å². The molecule has 2 N–H and O–H groups in total. The predicted molar refractivity (Wildman–Crippen MR) is 86.3 cm³/mol. The Bertz CT molecular complexity index is 637. The van der Waals surface area contributed by atoms with Crippen LogP contribution in [-0.4, -0.2) is 12.5 Å². The second kappa shape index (κ2) is 6.00. The molecule has 3 rings (SSSR count). The van der Waals surface area contributed by atoms with Crippen LogP contribution in [0.4, 0.5) is 11.4 Å². The molecule has 0 aliphatic carbocycles. The molecule has 1 amide bonds. The van der Waals surface area contributed by atoms with Crippen molar-refractivity contribution < 1.29 is 4.79 Å². The van der Waals surface area contributed by atoms with Gasteiger partial charge in [-0.3, -0.25) is 4.79 Å². The molecule has 21 heavy (non-hydrogen) atoms. The van der Waals surface area contributed by atoms with E-state index in [0.717, 1.165) is 37.2 Å². The monoisotopic (exact) mass is 280 g/mol. The Morgan fingerprint density at radius 3 is 2.76 bits per heavy atom. The number of rotatable bonds is 3. The summed E-state index contributed by atoms with van der Waals surface area (Å²) in [4.78, 5) is 14.4. The molecule has 0 bridgehead atoms. The average Bonchev–Trinajstić information content (AvgIpc) is 2.53. The molecule has 2 aromatic carbocycles. The SMILES string of the molecule is Nc1ccc2c(c1)N(C(=O)CCc1ccccc1)CCC2. The highest BCUT2D eigenvalue weighted by Crippen LogP contribution is 2.29. The summed E-state index contributed by atoms with van der Waals surface area (Å²) < 4.78 is 0. The van der Waals surface area contributed by atoms with Gasteiger partial charge in [0, 0.05) is 24.3 Å². The minimum Gasteiger partial charge on any atom is -0.399 e. The maximum Gasteiger partial charge on any atom is 0.227 e. The van der Waals surface area contributed by atoms with Crippen LogP contribution in [0, 0.1) is 0 Å². The minimum absolute atomic E-state index is 0.186. The largest absolute Gasteiger partial charge is 0.399 e.